The molecule has 2 atom stereocenters. The summed E-state index contributed by atoms with van der Waals surface area (Å²) < 4.78 is 0. The number of fused-ring (bicyclic) bond motifs is 2. The second kappa shape index (κ2) is 14.6. The Bertz CT molecular complexity index is 796. The first-order chi connectivity index (χ1) is 15.9. The van der Waals surface area contributed by atoms with E-state index in [1.54, 1.807) is 0 Å². The van der Waals surface area contributed by atoms with Crippen LogP contribution >= 0.6 is 0 Å². The normalized spacial score (nSPS) is 20.4. The molecule has 0 aromatic carbocycles. The number of carbonyl (C=O) groups is 4. The fourth-order valence-corrected chi connectivity index (χ4v) is 4.16. The number of aldehydes is 1. The van der Waals surface area contributed by atoms with E-state index < -0.39 is 18.0 Å². The molecule has 33 heavy (non-hydrogen) atoms. The molecule has 2 amide bonds. The van der Waals surface area contributed by atoms with Crippen molar-refractivity contribution in [3.63, 3.8) is 0 Å². The Balaban J connectivity index is 2.15. The van der Waals surface area contributed by atoms with E-state index in [0.717, 1.165) is 51.2 Å². The Morgan fingerprint density at radius 1 is 1.03 bits per heavy atom. The maximum atomic E-state index is 13.0. The Hall–Kier alpha value is -2.48. The van der Waals surface area contributed by atoms with E-state index in [9.17, 15) is 19.2 Å². The lowest BCUT2D eigenvalue weighted by Gasteiger charge is -2.18. The minimum atomic E-state index is -0.729. The number of Topliss-reactive ketones (excluding diaryl/α,β-unsaturated/α-hetero) is 1. The number of aromatic nitrogens is 2. The number of quaternary nitrogens is 1. The van der Waals surface area contributed by atoms with Gasteiger partial charge in [0.15, 0.2) is 12.1 Å². The number of amides is 2. The number of nitrogens with zero attached hydrogens (tertiary/aromatic N) is 2. The molecular weight excluding hydrogens is 420 g/mol. The Labute approximate surface area is 196 Å². The molecule has 2 bridgehead atoms. The molecule has 3 N–H and O–H groups in total. The van der Waals surface area contributed by atoms with Gasteiger partial charge < -0.3 is 5.32 Å². The summed E-state index contributed by atoms with van der Waals surface area (Å²) in [6.45, 7) is 4.00. The van der Waals surface area contributed by atoms with Crippen molar-refractivity contribution in [1.29, 1.82) is 0 Å². The van der Waals surface area contributed by atoms with Crippen molar-refractivity contribution in [1.82, 2.24) is 15.3 Å². The quantitative estimate of drug-likeness (QED) is 0.653. The molecule has 0 fully saturated rings. The maximum absolute atomic E-state index is 13.0. The first kappa shape index (κ1) is 26.8. The van der Waals surface area contributed by atoms with Crippen LogP contribution in [0, 0.1) is 5.92 Å². The number of carbonyl (C=O) groups excluding carboxylic acids is 4. The van der Waals surface area contributed by atoms with Gasteiger partial charge in [0.1, 0.15) is 23.5 Å². The molecule has 0 spiro atoms. The average molecular weight is 460 g/mol. The molecule has 8 nitrogen and oxygen atoms in total. The van der Waals surface area contributed by atoms with Gasteiger partial charge in [-0.2, -0.15) is 0 Å². The van der Waals surface area contributed by atoms with Crippen LogP contribution in [-0.2, 0) is 9.59 Å². The number of nitrogens with one attached hydrogen (secondary N) is 1. The summed E-state index contributed by atoms with van der Waals surface area (Å²) in [4.78, 5) is 58.0. The summed E-state index contributed by atoms with van der Waals surface area (Å²) in [7, 11) is 0. The van der Waals surface area contributed by atoms with Crippen LogP contribution in [0.3, 0.4) is 0 Å². The third-order valence-electron chi connectivity index (χ3n) is 5.99. The Kier molecular flexibility index (Phi) is 11.9. The van der Waals surface area contributed by atoms with Crippen LogP contribution in [-0.4, -0.2) is 45.9 Å². The minimum Gasteiger partial charge on any atom is -0.335 e. The summed E-state index contributed by atoms with van der Waals surface area (Å²) in [5.74, 6) is -0.631. The van der Waals surface area contributed by atoms with Crippen LogP contribution < -0.4 is 10.6 Å². The molecule has 0 unspecified atom stereocenters. The number of nitrogens with two attached hydrogens (primary N) is 1. The predicted molar refractivity (Wildman–Crippen MR) is 125 cm³/mol. The second-order valence-corrected chi connectivity index (χ2v) is 9.46. The van der Waals surface area contributed by atoms with E-state index in [0.29, 0.717) is 19.3 Å². The van der Waals surface area contributed by atoms with Gasteiger partial charge in [-0.05, 0) is 18.8 Å². The standard InChI is InChI=1S/C25H38N4O4/c1-18(2)14-19(17-30)27-24(32)20-12-10-8-6-4-3-5-7-9-11-13-23(31)21-15-26-16-22(28-21)25(33)29-20/h15-20H,3-14H2,1-2H3,(H,27,32)(H,29,33)/p+1/t19-,20-/m0/s1. The minimum absolute atomic E-state index is 0.0221. The van der Waals surface area contributed by atoms with Gasteiger partial charge in [0.05, 0.1) is 12.4 Å². The van der Waals surface area contributed by atoms with Gasteiger partial charge in [-0.1, -0.05) is 65.2 Å². The highest BCUT2D eigenvalue weighted by Crippen LogP contribution is 2.14. The highest BCUT2D eigenvalue weighted by molar-refractivity contribution is 5.97. The highest BCUT2D eigenvalue weighted by Gasteiger charge is 2.28. The topological polar surface area (TPSA) is 123 Å². The van der Waals surface area contributed by atoms with Gasteiger partial charge in [-0.15, -0.1) is 0 Å². The van der Waals surface area contributed by atoms with Crippen LogP contribution in [0.4, 0.5) is 0 Å². The van der Waals surface area contributed by atoms with Gasteiger partial charge in [0.25, 0.3) is 5.91 Å². The third-order valence-corrected chi connectivity index (χ3v) is 5.99. The first-order valence-corrected chi connectivity index (χ1v) is 12.4. The molecule has 0 saturated heterocycles. The zero-order chi connectivity index (χ0) is 24.1. The van der Waals surface area contributed by atoms with E-state index >= 15 is 0 Å². The van der Waals surface area contributed by atoms with Crippen LogP contribution in [0.15, 0.2) is 12.4 Å². The zero-order valence-electron chi connectivity index (χ0n) is 20.1. The monoisotopic (exact) mass is 459 g/mol. The molecule has 0 radical (unpaired) electrons. The van der Waals surface area contributed by atoms with E-state index in [1.165, 1.54) is 30.6 Å². The molecule has 0 saturated carbocycles. The molecular formula is C25H39N4O4+. The number of hydrogen-bond donors (Lipinski definition) is 2. The van der Waals surface area contributed by atoms with Crippen LogP contribution in [0.1, 0.15) is 112 Å². The van der Waals surface area contributed by atoms with Crippen molar-refractivity contribution < 1.29 is 24.5 Å². The number of primary amides is 1. The predicted octanol–water partition coefficient (Wildman–Crippen LogP) is 2.77. The molecule has 182 valence electrons. The van der Waals surface area contributed by atoms with Crippen LogP contribution in [0.5, 0.6) is 0 Å². The molecule has 0 aliphatic carbocycles. The molecule has 2 heterocycles. The molecule has 1 aliphatic heterocycles. The molecule has 8 heteroatoms. The second-order valence-electron chi connectivity index (χ2n) is 9.46. The lowest BCUT2D eigenvalue weighted by molar-refractivity contribution is -0.593. The summed E-state index contributed by atoms with van der Waals surface area (Å²) in [6.07, 6.45) is 14.3. The van der Waals surface area contributed by atoms with Crippen molar-refractivity contribution >= 4 is 23.9 Å². The zero-order valence-corrected chi connectivity index (χ0v) is 20.1. The molecule has 1 aromatic heterocycles. The van der Waals surface area contributed by atoms with Gasteiger partial charge in [0.2, 0.25) is 0 Å². The third kappa shape index (κ3) is 9.90. The smallest absolute Gasteiger partial charge is 0.333 e. The van der Waals surface area contributed by atoms with Crippen molar-refractivity contribution in [3.8, 4) is 0 Å². The number of rotatable bonds is 5. The van der Waals surface area contributed by atoms with E-state index in [2.05, 4.69) is 15.3 Å². The van der Waals surface area contributed by atoms with Crippen LogP contribution in [0.2, 0.25) is 0 Å². The molecule has 1 aliphatic rings. The molecule has 1 aromatic rings. The van der Waals surface area contributed by atoms with E-state index in [1.807, 2.05) is 13.8 Å². The summed E-state index contributed by atoms with van der Waals surface area (Å²) in [5.41, 5.74) is 0.199. The fourth-order valence-electron chi connectivity index (χ4n) is 4.16. The van der Waals surface area contributed by atoms with Crippen LogP contribution in [0.25, 0.3) is 0 Å². The SMILES string of the molecule is CC(C)C[C@@H](C=O)[NH2+]C(=O)[C@@H]1CCCCCCCCCCCC(=O)c2cncc(n2)C(=O)N1. The van der Waals surface area contributed by atoms with E-state index in [-0.39, 0.29) is 29.0 Å². The van der Waals surface area contributed by atoms with Crippen molar-refractivity contribution in [2.24, 2.45) is 5.92 Å². The summed E-state index contributed by atoms with van der Waals surface area (Å²) in [5, 5.41) is 4.22. The number of hydrogen-bond acceptors (Lipinski definition) is 6. The van der Waals surface area contributed by atoms with Gasteiger partial charge in [-0.3, -0.25) is 24.7 Å². The maximum Gasteiger partial charge on any atom is 0.333 e. The van der Waals surface area contributed by atoms with Crippen molar-refractivity contribution in [3.05, 3.63) is 23.8 Å². The molecule has 2 rings (SSSR count). The largest absolute Gasteiger partial charge is 0.335 e. The van der Waals surface area contributed by atoms with E-state index in [4.69, 9.17) is 0 Å². The van der Waals surface area contributed by atoms with Crippen molar-refractivity contribution in [2.75, 3.05) is 0 Å². The summed E-state index contributed by atoms with van der Waals surface area (Å²) in [6, 6.07) is -1.20. The fraction of sp³-hybridized carbons (Fsp3) is 0.680. The lowest BCUT2D eigenvalue weighted by Crippen LogP contribution is -2.96. The highest BCUT2D eigenvalue weighted by atomic mass is 16.2. The average Bonchev–Trinajstić information content (AvgIpc) is 2.80. The lowest BCUT2D eigenvalue weighted by atomic mass is 10.0. The first-order valence-electron chi connectivity index (χ1n) is 12.4. The Morgan fingerprint density at radius 3 is 2.27 bits per heavy atom. The summed E-state index contributed by atoms with van der Waals surface area (Å²) >= 11 is 0. The van der Waals surface area contributed by atoms with Crippen molar-refractivity contribution in [2.45, 2.75) is 103 Å². The number of ketones is 1. The Morgan fingerprint density at radius 2 is 1.64 bits per heavy atom. The van der Waals surface area contributed by atoms with Gasteiger partial charge in [-0.25, -0.2) is 9.78 Å². The van der Waals surface area contributed by atoms with Gasteiger partial charge >= 0.3 is 5.91 Å². The van der Waals surface area contributed by atoms with Gasteiger partial charge in [0, 0.05) is 12.8 Å².